The van der Waals surface area contributed by atoms with Gasteiger partial charge in [0.1, 0.15) is 12.4 Å². The number of halogens is 6. The van der Waals surface area contributed by atoms with Crippen LogP contribution in [0.1, 0.15) is 16.7 Å². The third-order valence-electron chi connectivity index (χ3n) is 6.16. The number of aliphatic carboxylic acids is 1. The molecule has 0 aliphatic carbocycles. The summed E-state index contributed by atoms with van der Waals surface area (Å²) in [6.07, 6.45) is -8.13. The van der Waals surface area contributed by atoms with Gasteiger partial charge in [-0.1, -0.05) is 48.5 Å². The number of carbonyl (C=O) groups is 1. The van der Waals surface area contributed by atoms with Crippen LogP contribution in [-0.2, 0) is 29.5 Å². The predicted molar refractivity (Wildman–Crippen MR) is 127 cm³/mol. The molecule has 0 bridgehead atoms. The molecule has 1 N–H and O–H groups in total. The number of rotatable bonds is 8. The molecule has 198 valence electrons. The summed E-state index contributed by atoms with van der Waals surface area (Å²) in [5.74, 6) is -1.64. The van der Waals surface area contributed by atoms with Crippen molar-refractivity contribution >= 4 is 5.97 Å². The summed E-state index contributed by atoms with van der Waals surface area (Å²) < 4.78 is 86.6. The van der Waals surface area contributed by atoms with E-state index in [-0.39, 0.29) is 12.2 Å². The van der Waals surface area contributed by atoms with Gasteiger partial charge in [-0.2, -0.15) is 26.3 Å². The maximum Gasteiger partial charge on any atom is 0.423 e. The SMILES string of the molecule is O=C(O)[C@](Cc1ccc(OCc2ccc(-c3ccc(C(F)(F)F)cc3)cc2)cc1)(n1cccc1)C(F)(F)F. The zero-order valence-corrected chi connectivity index (χ0v) is 19.6. The van der Waals surface area contributed by atoms with Crippen LogP contribution < -0.4 is 4.74 Å². The molecule has 10 heteroatoms. The van der Waals surface area contributed by atoms with Crippen molar-refractivity contribution < 1.29 is 41.0 Å². The Morgan fingerprint density at radius 2 is 1.24 bits per heavy atom. The maximum atomic E-state index is 14.0. The van der Waals surface area contributed by atoms with Crippen LogP contribution in [0.25, 0.3) is 11.1 Å². The Morgan fingerprint density at radius 1 is 0.737 bits per heavy atom. The van der Waals surface area contributed by atoms with Crippen molar-refractivity contribution in [3.8, 4) is 16.9 Å². The molecule has 1 aromatic heterocycles. The minimum atomic E-state index is -5.06. The quantitative estimate of drug-likeness (QED) is 0.241. The van der Waals surface area contributed by atoms with Gasteiger partial charge in [-0.3, -0.25) is 0 Å². The Balaban J connectivity index is 1.42. The molecule has 3 aromatic carbocycles. The van der Waals surface area contributed by atoms with E-state index in [1.807, 2.05) is 0 Å². The average molecular weight is 533 g/mol. The summed E-state index contributed by atoms with van der Waals surface area (Å²) in [7, 11) is 0. The van der Waals surface area contributed by atoms with Gasteiger partial charge in [0.15, 0.2) is 0 Å². The third kappa shape index (κ3) is 5.53. The van der Waals surface area contributed by atoms with E-state index in [0.29, 0.717) is 15.9 Å². The Labute approximate surface area is 213 Å². The Hall–Kier alpha value is -4.21. The van der Waals surface area contributed by atoms with Gasteiger partial charge in [0.05, 0.1) is 5.56 Å². The van der Waals surface area contributed by atoms with Crippen LogP contribution >= 0.6 is 0 Å². The normalized spacial score (nSPS) is 13.6. The van der Waals surface area contributed by atoms with E-state index in [0.717, 1.165) is 35.7 Å². The minimum Gasteiger partial charge on any atom is -0.489 e. The van der Waals surface area contributed by atoms with E-state index >= 15 is 0 Å². The largest absolute Gasteiger partial charge is 0.489 e. The second-order valence-corrected chi connectivity index (χ2v) is 8.63. The maximum absolute atomic E-state index is 14.0. The highest BCUT2D eigenvalue weighted by molar-refractivity contribution is 5.78. The zero-order valence-electron chi connectivity index (χ0n) is 19.6. The van der Waals surface area contributed by atoms with Gasteiger partial charge < -0.3 is 14.4 Å². The predicted octanol–water partition coefficient (Wildman–Crippen LogP) is 7.34. The van der Waals surface area contributed by atoms with Gasteiger partial charge in [0, 0.05) is 18.8 Å². The molecule has 0 saturated heterocycles. The van der Waals surface area contributed by atoms with Crippen LogP contribution in [0.4, 0.5) is 26.3 Å². The van der Waals surface area contributed by atoms with Crippen molar-refractivity contribution in [2.45, 2.75) is 30.9 Å². The monoisotopic (exact) mass is 533 g/mol. The molecule has 0 aliphatic rings. The summed E-state index contributed by atoms with van der Waals surface area (Å²) in [5.41, 5.74) is -1.62. The Morgan fingerprint density at radius 3 is 1.71 bits per heavy atom. The zero-order chi connectivity index (χ0) is 27.6. The molecule has 0 unspecified atom stereocenters. The first-order valence-corrected chi connectivity index (χ1v) is 11.3. The molecule has 1 heterocycles. The van der Waals surface area contributed by atoms with Crippen molar-refractivity contribution in [2.75, 3.05) is 0 Å². The van der Waals surface area contributed by atoms with E-state index in [1.54, 1.807) is 24.3 Å². The fourth-order valence-corrected chi connectivity index (χ4v) is 4.04. The Kier molecular flexibility index (Phi) is 7.26. The highest BCUT2D eigenvalue weighted by Gasteiger charge is 2.62. The van der Waals surface area contributed by atoms with E-state index in [9.17, 15) is 36.2 Å². The molecule has 4 aromatic rings. The van der Waals surface area contributed by atoms with E-state index in [4.69, 9.17) is 4.74 Å². The van der Waals surface area contributed by atoms with Gasteiger partial charge in [0.25, 0.3) is 0 Å². The Bertz CT molecular complexity index is 1360. The highest BCUT2D eigenvalue weighted by Crippen LogP contribution is 2.40. The van der Waals surface area contributed by atoms with E-state index < -0.39 is 35.8 Å². The summed E-state index contributed by atoms with van der Waals surface area (Å²) in [4.78, 5) is 11.9. The van der Waals surface area contributed by atoms with Crippen molar-refractivity contribution in [3.05, 3.63) is 114 Å². The first kappa shape index (κ1) is 26.8. The van der Waals surface area contributed by atoms with Crippen LogP contribution in [0.5, 0.6) is 5.75 Å². The van der Waals surface area contributed by atoms with Crippen LogP contribution in [0.3, 0.4) is 0 Å². The average Bonchev–Trinajstić information content (AvgIpc) is 3.41. The van der Waals surface area contributed by atoms with Crippen LogP contribution in [0.15, 0.2) is 97.3 Å². The van der Waals surface area contributed by atoms with Gasteiger partial charge in [-0.15, -0.1) is 0 Å². The van der Waals surface area contributed by atoms with Crippen LogP contribution in [-0.4, -0.2) is 21.8 Å². The number of hydrogen-bond donors (Lipinski definition) is 1. The number of carboxylic acids is 1. The molecule has 0 amide bonds. The summed E-state index contributed by atoms with van der Waals surface area (Å²) >= 11 is 0. The van der Waals surface area contributed by atoms with Gasteiger partial charge in [-0.05, 0) is 58.7 Å². The lowest BCUT2D eigenvalue weighted by atomic mass is 9.89. The van der Waals surface area contributed by atoms with Crippen molar-refractivity contribution in [3.63, 3.8) is 0 Å². The smallest absolute Gasteiger partial charge is 0.423 e. The summed E-state index contributed by atoms with van der Waals surface area (Å²) in [5, 5.41) is 9.58. The first-order valence-electron chi connectivity index (χ1n) is 11.3. The number of carboxylic acid groups (broad SMARTS) is 1. The fraction of sp³-hybridized carbons (Fsp3) is 0.179. The lowest BCUT2D eigenvalue weighted by Gasteiger charge is -2.33. The lowest BCUT2D eigenvalue weighted by molar-refractivity contribution is -0.224. The number of benzene rings is 3. The minimum absolute atomic E-state index is 0.137. The molecular formula is C28H21F6NO3. The van der Waals surface area contributed by atoms with E-state index in [1.165, 1.54) is 48.5 Å². The molecule has 4 rings (SSSR count). The van der Waals surface area contributed by atoms with Crippen molar-refractivity contribution in [1.29, 1.82) is 0 Å². The van der Waals surface area contributed by atoms with Gasteiger partial charge in [-0.25, -0.2) is 4.79 Å². The highest BCUT2D eigenvalue weighted by atomic mass is 19.4. The van der Waals surface area contributed by atoms with E-state index in [2.05, 4.69) is 0 Å². The summed E-state index contributed by atoms with van der Waals surface area (Å²) in [6, 6.07) is 20.2. The first-order chi connectivity index (χ1) is 17.9. The molecule has 4 nitrogen and oxygen atoms in total. The molecule has 0 aliphatic heterocycles. The standard InChI is InChI=1S/C28H21F6NO3/c29-27(30,31)23-11-9-22(10-12-23)21-7-3-20(4-8-21)18-38-24-13-5-19(6-14-24)17-26(25(36)37,28(32,33)34)35-15-1-2-16-35/h1-16H,17-18H2,(H,36,37)/t26-/m0/s1. The molecular weight excluding hydrogens is 512 g/mol. The van der Waals surface area contributed by atoms with Crippen molar-refractivity contribution in [1.82, 2.24) is 4.57 Å². The second kappa shape index (κ2) is 10.3. The van der Waals surface area contributed by atoms with Crippen molar-refractivity contribution in [2.24, 2.45) is 0 Å². The van der Waals surface area contributed by atoms with Crippen LogP contribution in [0, 0.1) is 0 Å². The molecule has 0 radical (unpaired) electrons. The topological polar surface area (TPSA) is 51.5 Å². The number of alkyl halides is 6. The van der Waals surface area contributed by atoms with Crippen LogP contribution in [0.2, 0.25) is 0 Å². The second-order valence-electron chi connectivity index (χ2n) is 8.63. The molecule has 0 fully saturated rings. The summed E-state index contributed by atoms with van der Waals surface area (Å²) in [6.45, 7) is 0.137. The van der Waals surface area contributed by atoms with Gasteiger partial charge >= 0.3 is 18.3 Å². The molecule has 0 saturated carbocycles. The molecule has 1 atom stereocenters. The van der Waals surface area contributed by atoms with Gasteiger partial charge in [0.2, 0.25) is 5.54 Å². The third-order valence-corrected chi connectivity index (χ3v) is 6.16. The molecule has 38 heavy (non-hydrogen) atoms. The fourth-order valence-electron chi connectivity index (χ4n) is 4.04. The number of aromatic nitrogens is 1. The number of ether oxygens (including phenoxy) is 1. The number of hydrogen-bond acceptors (Lipinski definition) is 2. The number of nitrogens with zero attached hydrogens (tertiary/aromatic N) is 1. The molecule has 0 spiro atoms. The lowest BCUT2D eigenvalue weighted by Crippen LogP contribution is -2.55.